The molecule has 4 aromatic rings. The van der Waals surface area contributed by atoms with Crippen LogP contribution >= 0.6 is 0 Å². The number of hydrogen-bond donors (Lipinski definition) is 4. The Hall–Kier alpha value is -4.16. The highest BCUT2D eigenvalue weighted by molar-refractivity contribution is 5.79. The molecule has 8 saturated carbocycles. The van der Waals surface area contributed by atoms with Crippen molar-refractivity contribution in [3.63, 3.8) is 0 Å². The number of nitrogens with zero attached hydrogens (tertiary/aromatic N) is 2. The number of hydrogen-bond acceptors (Lipinski definition) is 10. The number of benzene rings is 4. The van der Waals surface area contributed by atoms with E-state index >= 15 is 0 Å². The number of phenols is 2. The van der Waals surface area contributed by atoms with Crippen LogP contribution < -0.4 is 9.47 Å². The first-order chi connectivity index (χ1) is 34.7. The maximum atomic E-state index is 13.4. The number of piperidine rings is 2. The van der Waals surface area contributed by atoms with Crippen molar-refractivity contribution < 1.29 is 39.4 Å². The first-order valence-corrected chi connectivity index (χ1v) is 28.0. The van der Waals surface area contributed by atoms with Gasteiger partial charge < -0.3 is 39.4 Å². The van der Waals surface area contributed by atoms with E-state index in [1.165, 1.54) is 47.9 Å². The Labute approximate surface area is 424 Å². The summed E-state index contributed by atoms with van der Waals surface area (Å²) < 4.78 is 28.4. The topological polar surface area (TPSA) is 124 Å². The Morgan fingerprint density at radius 2 is 1.12 bits per heavy atom. The van der Waals surface area contributed by atoms with Crippen molar-refractivity contribution >= 4 is 0 Å². The Morgan fingerprint density at radius 1 is 0.611 bits per heavy atom. The molecule has 2 saturated heterocycles. The zero-order valence-electron chi connectivity index (χ0n) is 42.6. The number of fused-ring (bicyclic) bond motifs is 4. The van der Waals surface area contributed by atoms with Crippen molar-refractivity contribution in [2.24, 2.45) is 34.5 Å². The van der Waals surface area contributed by atoms with Gasteiger partial charge in [0.15, 0.2) is 23.0 Å². The summed E-state index contributed by atoms with van der Waals surface area (Å²) in [6, 6.07) is 25.4. The van der Waals surface area contributed by atoms with E-state index in [9.17, 15) is 20.4 Å². The molecule has 8 bridgehead atoms. The monoisotopic (exact) mass is 973 g/mol. The molecule has 10 fully saturated rings. The number of likely N-dealkylation sites (tertiary alicyclic amines) is 2. The van der Waals surface area contributed by atoms with Crippen molar-refractivity contribution in [1.29, 1.82) is 0 Å². The molecule has 14 aliphatic rings. The van der Waals surface area contributed by atoms with Gasteiger partial charge >= 0.3 is 0 Å². The summed E-state index contributed by atoms with van der Waals surface area (Å²) in [5.41, 5.74) is 3.47. The lowest BCUT2D eigenvalue weighted by molar-refractivity contribution is -0.304. The predicted molar refractivity (Wildman–Crippen MR) is 271 cm³/mol. The van der Waals surface area contributed by atoms with Crippen molar-refractivity contribution in [3.05, 3.63) is 106 Å². The number of ether oxygens (including phenoxy) is 4. The Kier molecular flexibility index (Phi) is 8.59. The highest BCUT2D eigenvalue weighted by Crippen LogP contribution is 2.80. The molecule has 14 unspecified atom stereocenters. The molecule has 0 amide bonds. The van der Waals surface area contributed by atoms with Crippen LogP contribution in [-0.2, 0) is 44.3 Å². The fourth-order valence-electron chi connectivity index (χ4n) is 20.6. The van der Waals surface area contributed by atoms with Crippen molar-refractivity contribution in [2.45, 2.75) is 161 Å². The smallest absolute Gasteiger partial charge is 0.166 e. The maximum Gasteiger partial charge on any atom is 0.166 e. The summed E-state index contributed by atoms with van der Waals surface area (Å²) in [5, 5.41) is 50.6. The van der Waals surface area contributed by atoms with Crippen LogP contribution in [0.3, 0.4) is 0 Å². The summed E-state index contributed by atoms with van der Waals surface area (Å²) >= 11 is 0. The van der Waals surface area contributed by atoms with Gasteiger partial charge in [0.05, 0.1) is 11.2 Å². The first-order valence-electron chi connectivity index (χ1n) is 28.0. The van der Waals surface area contributed by atoms with Crippen LogP contribution in [0.15, 0.2) is 72.8 Å². The molecule has 0 aromatic heterocycles. The summed E-state index contributed by atoms with van der Waals surface area (Å²) in [5.74, 6) is 2.69. The summed E-state index contributed by atoms with van der Waals surface area (Å²) in [6.45, 7) is 8.28. The molecule has 18 rings (SSSR count). The molecular formula is C62H72N2O8. The van der Waals surface area contributed by atoms with Gasteiger partial charge in [0.25, 0.3) is 0 Å². The standard InChI is InChI=1S/C62H72N2O8/c1-55(67,40-8-6-5-7-9-40)44-31-58-21-23-62(44,70-4)54-60(58)25-27-64(34-36-12-13-36)47(58)30-39-28-42(50(66)52(72-54)49(39)60)37-14-17-41(18-15-37)56(2,68)45-32-57-20-22-61(45,69-3)53-59(57)24-26-63(33-35-10-11-35)46(57)29-38-16-19-43(65)51(71-53)48(38)59/h5-9,14-19,28,35-36,44-47,53-54,65-68H,10-13,20-27,29-34H2,1-4H3. The minimum absolute atomic E-state index is 0.136. The number of aliphatic hydroxyl groups is 2. The molecule has 4 spiro atoms. The first kappa shape index (κ1) is 44.2. The van der Waals surface area contributed by atoms with Crippen molar-refractivity contribution in [1.82, 2.24) is 9.80 Å². The molecule has 4 heterocycles. The minimum atomic E-state index is -1.29. The molecule has 0 radical (unpaired) electrons. The third-order valence-electron chi connectivity index (χ3n) is 23.9. The van der Waals surface area contributed by atoms with Gasteiger partial charge in [-0.15, -0.1) is 0 Å². The predicted octanol–water partition coefficient (Wildman–Crippen LogP) is 9.03. The lowest BCUT2D eigenvalue weighted by Crippen LogP contribution is -2.82. The van der Waals surface area contributed by atoms with E-state index in [1.807, 2.05) is 52.3 Å². The molecule has 14 atom stereocenters. The summed E-state index contributed by atoms with van der Waals surface area (Å²) in [4.78, 5) is 5.65. The van der Waals surface area contributed by atoms with E-state index in [1.54, 1.807) is 0 Å². The van der Waals surface area contributed by atoms with Gasteiger partial charge in [-0.3, -0.25) is 9.80 Å². The second-order valence-electron chi connectivity index (χ2n) is 26.2. The second-order valence-corrected chi connectivity index (χ2v) is 26.2. The van der Waals surface area contributed by atoms with Crippen LogP contribution in [0.4, 0.5) is 0 Å². The average molecular weight is 973 g/mol. The number of methoxy groups -OCH3 is 2. The minimum Gasteiger partial charge on any atom is -0.504 e. The van der Waals surface area contributed by atoms with Crippen molar-refractivity contribution in [3.8, 4) is 34.1 Å². The van der Waals surface area contributed by atoms with E-state index in [0.717, 1.165) is 124 Å². The molecule has 4 aromatic carbocycles. The highest BCUT2D eigenvalue weighted by atomic mass is 16.6. The van der Waals surface area contributed by atoms with E-state index < -0.39 is 22.4 Å². The fraction of sp³-hybridized carbons (Fsp3) is 0.613. The normalized spacial score (nSPS) is 41.8. The third kappa shape index (κ3) is 4.93. The number of rotatable bonds is 11. The van der Waals surface area contributed by atoms with Crippen LogP contribution in [0.5, 0.6) is 23.0 Å². The SMILES string of the molecule is COC12CCC3(CC1C(C)(O)c1ccc(-c4cc5c6c(c4O)OC4C7(OC)CCC8(CC7C(C)(O)c7ccccc7)C(C5)N(CC5CC5)CCC648)cc1)C1Cc4ccc(O)c5c4C3(CCN1CC1CC1)C2O5. The average Bonchev–Trinajstić information content (AvgIpc) is 4.33. The number of phenolic OH excluding ortho intramolecular Hbond substituents is 2. The molecule has 4 N–H and O–H groups in total. The summed E-state index contributed by atoms with van der Waals surface area (Å²) in [7, 11) is 3.65. The molecule has 4 aliphatic heterocycles. The van der Waals surface area contributed by atoms with Crippen LogP contribution in [-0.4, -0.2) is 106 Å². The lowest BCUT2D eigenvalue weighted by atomic mass is 9.33. The van der Waals surface area contributed by atoms with E-state index in [-0.39, 0.29) is 63.2 Å². The Balaban J connectivity index is 0.785. The van der Waals surface area contributed by atoms with Gasteiger partial charge in [-0.2, -0.15) is 0 Å². The maximum absolute atomic E-state index is 13.4. The van der Waals surface area contributed by atoms with Gasteiger partial charge in [-0.25, -0.2) is 0 Å². The van der Waals surface area contributed by atoms with Gasteiger partial charge in [-0.05, 0) is 169 Å². The zero-order valence-corrected chi connectivity index (χ0v) is 42.6. The van der Waals surface area contributed by atoms with Gasteiger partial charge in [0.1, 0.15) is 23.4 Å². The third-order valence-corrected chi connectivity index (χ3v) is 23.9. The van der Waals surface area contributed by atoms with Gasteiger partial charge in [0.2, 0.25) is 0 Å². The second kappa shape index (κ2) is 14.0. The van der Waals surface area contributed by atoms with Crippen molar-refractivity contribution in [2.75, 3.05) is 40.4 Å². The Bertz CT molecular complexity index is 2970. The highest BCUT2D eigenvalue weighted by Gasteiger charge is 2.84. The number of aromatic hydroxyl groups is 2. The largest absolute Gasteiger partial charge is 0.504 e. The van der Waals surface area contributed by atoms with Crippen LogP contribution in [0.25, 0.3) is 11.1 Å². The molecule has 378 valence electrons. The van der Waals surface area contributed by atoms with Gasteiger partial charge in [0, 0.05) is 89.6 Å². The molecule has 10 nitrogen and oxygen atoms in total. The van der Waals surface area contributed by atoms with Crippen LogP contribution in [0.1, 0.15) is 124 Å². The lowest BCUT2D eigenvalue weighted by Gasteiger charge is -2.75. The molecule has 72 heavy (non-hydrogen) atoms. The Morgan fingerprint density at radius 3 is 1.67 bits per heavy atom. The van der Waals surface area contributed by atoms with E-state index in [2.05, 4.69) is 58.3 Å². The fourth-order valence-corrected chi connectivity index (χ4v) is 20.6. The molecule has 10 heteroatoms. The van der Waals surface area contributed by atoms with Gasteiger partial charge in [-0.1, -0.05) is 60.7 Å². The molecule has 10 aliphatic carbocycles. The van der Waals surface area contributed by atoms with E-state index in [4.69, 9.17) is 18.9 Å². The summed E-state index contributed by atoms with van der Waals surface area (Å²) in [6.07, 6.45) is 13.5. The quantitative estimate of drug-likeness (QED) is 0.116. The van der Waals surface area contributed by atoms with Crippen LogP contribution in [0, 0.1) is 34.5 Å². The molecular weight excluding hydrogens is 901 g/mol. The van der Waals surface area contributed by atoms with E-state index in [0.29, 0.717) is 17.5 Å². The van der Waals surface area contributed by atoms with Crippen LogP contribution in [0.2, 0.25) is 0 Å². The zero-order chi connectivity index (χ0) is 48.7.